The van der Waals surface area contributed by atoms with Crippen LogP contribution >= 0.6 is 0 Å². The van der Waals surface area contributed by atoms with Crippen molar-refractivity contribution in [2.75, 3.05) is 26.9 Å². The normalized spacial score (nSPS) is 18.4. The van der Waals surface area contributed by atoms with Gasteiger partial charge in [-0.05, 0) is 33.1 Å². The van der Waals surface area contributed by atoms with Crippen LogP contribution in [0, 0.1) is 0 Å². The summed E-state index contributed by atoms with van der Waals surface area (Å²) in [6.07, 6.45) is 2.88. The Morgan fingerprint density at radius 3 is 3.00 bits per heavy atom. The fraction of sp³-hybridized carbons (Fsp3) is 0.800. The molecule has 0 spiro atoms. The Morgan fingerprint density at radius 1 is 1.43 bits per heavy atom. The molecule has 2 amide bonds. The number of ether oxygens (including phenoxy) is 2. The molecule has 0 aromatic carbocycles. The van der Waals surface area contributed by atoms with E-state index in [9.17, 15) is 4.79 Å². The maximum absolute atomic E-state index is 12.3. The second-order valence-electron chi connectivity index (χ2n) is 5.90. The molecular weight excluding hydrogens is 300 g/mol. The molecule has 1 atom stereocenters. The summed E-state index contributed by atoms with van der Waals surface area (Å²) >= 11 is 0. The van der Waals surface area contributed by atoms with Crippen LogP contribution in [0.4, 0.5) is 4.79 Å². The predicted molar refractivity (Wildman–Crippen MR) is 82.8 cm³/mol. The van der Waals surface area contributed by atoms with E-state index in [1.54, 1.807) is 12.0 Å². The third-order valence-electron chi connectivity index (χ3n) is 3.61. The number of carbonyl (C=O) groups is 1. The molecule has 1 unspecified atom stereocenters. The largest absolute Gasteiger partial charge is 0.382 e. The Hall–Kier alpha value is -1.67. The van der Waals surface area contributed by atoms with Gasteiger partial charge in [-0.15, -0.1) is 0 Å². The van der Waals surface area contributed by atoms with Crippen LogP contribution in [0.5, 0.6) is 0 Å². The van der Waals surface area contributed by atoms with E-state index in [1.165, 1.54) is 0 Å². The Bertz CT molecular complexity index is 492. The first-order valence-electron chi connectivity index (χ1n) is 8.08. The highest BCUT2D eigenvalue weighted by Gasteiger charge is 2.31. The van der Waals surface area contributed by atoms with Crippen molar-refractivity contribution in [1.82, 2.24) is 20.4 Å². The number of methoxy groups -OCH3 is 1. The molecule has 1 N–H and O–H groups in total. The van der Waals surface area contributed by atoms with E-state index in [0.717, 1.165) is 19.3 Å². The minimum atomic E-state index is -0.140. The Kier molecular flexibility index (Phi) is 6.79. The first kappa shape index (κ1) is 17.7. The molecule has 0 aliphatic carbocycles. The van der Waals surface area contributed by atoms with Crippen molar-refractivity contribution in [3.8, 4) is 0 Å². The number of carbonyl (C=O) groups excluding carboxylic acids is 1. The summed E-state index contributed by atoms with van der Waals surface area (Å²) in [5.74, 6) is 0.972. The molecule has 1 fully saturated rings. The number of nitrogens with zero attached hydrogens (tertiary/aromatic N) is 3. The average molecular weight is 326 g/mol. The number of likely N-dealkylation sites (tertiary alicyclic amines) is 1. The van der Waals surface area contributed by atoms with Crippen molar-refractivity contribution in [3.63, 3.8) is 0 Å². The Morgan fingerprint density at radius 2 is 2.26 bits per heavy atom. The van der Waals surface area contributed by atoms with Gasteiger partial charge in [0, 0.05) is 19.7 Å². The molecule has 0 saturated carbocycles. The lowest BCUT2D eigenvalue weighted by Crippen LogP contribution is -2.47. The highest BCUT2D eigenvalue weighted by Crippen LogP contribution is 2.29. The van der Waals surface area contributed by atoms with E-state index < -0.39 is 0 Å². The number of hydrogen-bond acceptors (Lipinski definition) is 6. The summed E-state index contributed by atoms with van der Waals surface area (Å²) in [5.41, 5.74) is 0. The van der Waals surface area contributed by atoms with Crippen LogP contribution in [0.1, 0.15) is 50.9 Å². The van der Waals surface area contributed by atoms with Gasteiger partial charge in [-0.25, -0.2) is 4.79 Å². The minimum Gasteiger partial charge on any atom is -0.382 e. The van der Waals surface area contributed by atoms with Gasteiger partial charge in [0.25, 0.3) is 5.89 Å². The number of urea groups is 1. The lowest BCUT2D eigenvalue weighted by molar-refractivity contribution is 0.0494. The van der Waals surface area contributed by atoms with Gasteiger partial charge in [0.2, 0.25) is 0 Å². The number of hydrogen-bond donors (Lipinski definition) is 1. The highest BCUT2D eigenvalue weighted by atomic mass is 16.5. The molecule has 130 valence electrons. The zero-order chi connectivity index (χ0) is 16.7. The quantitative estimate of drug-likeness (QED) is 0.770. The van der Waals surface area contributed by atoms with E-state index >= 15 is 0 Å². The molecule has 2 rings (SSSR count). The predicted octanol–water partition coefficient (Wildman–Crippen LogP) is 1.88. The van der Waals surface area contributed by atoms with Gasteiger partial charge in [-0.2, -0.15) is 4.98 Å². The molecule has 2 heterocycles. The van der Waals surface area contributed by atoms with Gasteiger partial charge in [-0.1, -0.05) is 5.16 Å². The summed E-state index contributed by atoms with van der Waals surface area (Å²) in [7, 11) is 1.62. The molecule has 1 aliphatic rings. The van der Waals surface area contributed by atoms with E-state index in [1.807, 2.05) is 13.8 Å². The molecule has 8 heteroatoms. The smallest absolute Gasteiger partial charge is 0.318 e. The number of rotatable bonds is 7. The summed E-state index contributed by atoms with van der Waals surface area (Å²) in [6.45, 7) is 5.84. The number of nitrogens with one attached hydrogen (secondary N) is 1. The molecule has 1 aromatic rings. The maximum atomic E-state index is 12.3. The van der Waals surface area contributed by atoms with Gasteiger partial charge in [0.1, 0.15) is 6.61 Å². The molecule has 1 saturated heterocycles. The summed E-state index contributed by atoms with van der Waals surface area (Å²) in [4.78, 5) is 18.5. The van der Waals surface area contributed by atoms with E-state index in [4.69, 9.17) is 14.0 Å². The Labute approximate surface area is 136 Å². The minimum absolute atomic E-state index is 0.0765. The highest BCUT2D eigenvalue weighted by molar-refractivity contribution is 5.75. The van der Waals surface area contributed by atoms with Gasteiger partial charge in [0.05, 0.1) is 19.3 Å². The van der Waals surface area contributed by atoms with E-state index in [-0.39, 0.29) is 24.7 Å². The van der Waals surface area contributed by atoms with Gasteiger partial charge >= 0.3 is 6.03 Å². The average Bonchev–Trinajstić information content (AvgIpc) is 3.00. The van der Waals surface area contributed by atoms with Crippen LogP contribution in [0.15, 0.2) is 4.52 Å². The molecule has 1 aromatic heterocycles. The van der Waals surface area contributed by atoms with E-state index in [2.05, 4.69) is 15.5 Å². The second kappa shape index (κ2) is 8.83. The molecule has 8 nitrogen and oxygen atoms in total. The zero-order valence-corrected chi connectivity index (χ0v) is 14.1. The molecule has 0 radical (unpaired) electrons. The summed E-state index contributed by atoms with van der Waals surface area (Å²) in [5, 5.41) is 6.96. The van der Waals surface area contributed by atoms with Gasteiger partial charge in [0.15, 0.2) is 5.82 Å². The van der Waals surface area contributed by atoms with Crippen LogP contribution in [-0.2, 0) is 16.1 Å². The van der Waals surface area contributed by atoms with Crippen molar-refractivity contribution in [2.45, 2.75) is 51.8 Å². The maximum Gasteiger partial charge on any atom is 0.318 e. The lowest BCUT2D eigenvalue weighted by atomic mass is 10.0. The van der Waals surface area contributed by atoms with Crippen LogP contribution in [0.3, 0.4) is 0 Å². The third-order valence-corrected chi connectivity index (χ3v) is 3.61. The van der Waals surface area contributed by atoms with Crippen LogP contribution in [0.2, 0.25) is 0 Å². The van der Waals surface area contributed by atoms with Crippen molar-refractivity contribution >= 4 is 6.03 Å². The van der Waals surface area contributed by atoms with Crippen LogP contribution in [0.25, 0.3) is 0 Å². The number of piperidine rings is 1. The van der Waals surface area contributed by atoms with Crippen molar-refractivity contribution in [1.29, 1.82) is 0 Å². The SMILES string of the molecule is COCCOCc1nc(C2CCCCN2C(=O)NC(C)C)no1. The first-order valence-corrected chi connectivity index (χ1v) is 8.08. The molecule has 0 bridgehead atoms. The van der Waals surface area contributed by atoms with Crippen molar-refractivity contribution in [2.24, 2.45) is 0 Å². The fourth-order valence-electron chi connectivity index (χ4n) is 2.54. The zero-order valence-electron chi connectivity index (χ0n) is 14.1. The number of aromatic nitrogens is 2. The summed E-state index contributed by atoms with van der Waals surface area (Å²) in [6, 6.07) is -0.119. The van der Waals surface area contributed by atoms with Gasteiger partial charge in [-0.3, -0.25) is 0 Å². The Balaban J connectivity index is 1.97. The lowest BCUT2D eigenvalue weighted by Gasteiger charge is -2.34. The third kappa shape index (κ3) is 5.18. The number of amides is 2. The summed E-state index contributed by atoms with van der Waals surface area (Å²) < 4.78 is 15.5. The first-order chi connectivity index (χ1) is 11.1. The van der Waals surface area contributed by atoms with Crippen molar-refractivity contribution in [3.05, 3.63) is 11.7 Å². The monoisotopic (exact) mass is 326 g/mol. The molecule has 23 heavy (non-hydrogen) atoms. The topological polar surface area (TPSA) is 89.7 Å². The molecular formula is C15H26N4O4. The molecule has 1 aliphatic heterocycles. The van der Waals surface area contributed by atoms with Crippen LogP contribution < -0.4 is 5.32 Å². The standard InChI is InChI=1S/C15H26N4O4/c1-11(2)16-15(20)19-7-5-4-6-12(19)14-17-13(23-18-14)10-22-9-8-21-3/h11-12H,4-10H2,1-3H3,(H,16,20). The van der Waals surface area contributed by atoms with Crippen molar-refractivity contribution < 1.29 is 18.8 Å². The van der Waals surface area contributed by atoms with E-state index in [0.29, 0.717) is 31.5 Å². The van der Waals surface area contributed by atoms with Gasteiger partial charge < -0.3 is 24.2 Å². The van der Waals surface area contributed by atoms with Crippen LogP contribution in [-0.4, -0.2) is 54.0 Å². The fourth-order valence-corrected chi connectivity index (χ4v) is 2.54. The second-order valence-corrected chi connectivity index (χ2v) is 5.90.